The number of aromatic nitrogens is 2. The van der Waals surface area contributed by atoms with Crippen molar-refractivity contribution >= 4 is 28.7 Å². The van der Waals surface area contributed by atoms with Gasteiger partial charge in [0.1, 0.15) is 11.4 Å². The lowest BCUT2D eigenvalue weighted by Crippen LogP contribution is -2.38. The van der Waals surface area contributed by atoms with E-state index in [1.165, 1.54) is 6.20 Å². The van der Waals surface area contributed by atoms with E-state index in [9.17, 15) is 19.5 Å². The van der Waals surface area contributed by atoms with Crippen LogP contribution in [0, 0.1) is 0 Å². The van der Waals surface area contributed by atoms with Crippen molar-refractivity contribution in [2.24, 2.45) is 0 Å². The lowest BCUT2D eigenvalue weighted by Gasteiger charge is -2.27. The normalized spacial score (nSPS) is 14.1. The van der Waals surface area contributed by atoms with Crippen LogP contribution in [-0.2, 0) is 11.3 Å². The van der Waals surface area contributed by atoms with E-state index in [2.05, 4.69) is 20.5 Å². The van der Waals surface area contributed by atoms with Crippen molar-refractivity contribution in [3.63, 3.8) is 0 Å². The van der Waals surface area contributed by atoms with Crippen LogP contribution in [0.2, 0.25) is 0 Å². The maximum absolute atomic E-state index is 13.0. The molecular formula is C24H27N5O5. The number of aromatic carboxylic acids is 1. The van der Waals surface area contributed by atoms with Crippen LogP contribution in [0.25, 0.3) is 22.0 Å². The summed E-state index contributed by atoms with van der Waals surface area (Å²) >= 11 is 0. The summed E-state index contributed by atoms with van der Waals surface area (Å²) in [6.45, 7) is 6.62. The quantitative estimate of drug-likeness (QED) is 0.489. The molecule has 4 rings (SSSR count). The number of hydrogen-bond acceptors (Lipinski definition) is 6. The molecule has 0 atom stereocenters. The Hall–Kier alpha value is -3.76. The summed E-state index contributed by atoms with van der Waals surface area (Å²) in [7, 11) is 0. The summed E-state index contributed by atoms with van der Waals surface area (Å²) in [5, 5.41) is 15.2. The van der Waals surface area contributed by atoms with E-state index in [0.717, 1.165) is 30.8 Å². The number of ether oxygens (including phenoxy) is 1. The highest BCUT2D eigenvalue weighted by molar-refractivity contribution is 5.94. The molecule has 1 aromatic carbocycles. The van der Waals surface area contributed by atoms with Gasteiger partial charge < -0.3 is 19.7 Å². The van der Waals surface area contributed by atoms with Crippen molar-refractivity contribution in [3.8, 4) is 11.1 Å². The van der Waals surface area contributed by atoms with Gasteiger partial charge >= 0.3 is 12.0 Å². The minimum Gasteiger partial charge on any atom is -0.477 e. The number of fused-ring (bicyclic) bond motifs is 1. The zero-order valence-corrected chi connectivity index (χ0v) is 18.9. The van der Waals surface area contributed by atoms with Crippen LogP contribution in [0.3, 0.4) is 0 Å². The summed E-state index contributed by atoms with van der Waals surface area (Å²) < 4.78 is 7.21. The minimum atomic E-state index is -1.25. The number of benzene rings is 1. The summed E-state index contributed by atoms with van der Waals surface area (Å²) in [6, 6.07) is 8.52. The standard InChI is InChI=1S/C24H27N5O5/c1-2-25-24(33)27-21-6-4-17(14-26-21)16-3-5-20-18(13-16)22(30)19(23(31)32)15-29(20)8-7-28-9-11-34-12-10-28/h3-6,13-15H,2,7-12H2,1H3,(H,31,32)(H2,25,26,27,33). The summed E-state index contributed by atoms with van der Waals surface area (Å²) in [5.74, 6) is -0.853. The molecule has 1 saturated heterocycles. The Balaban J connectivity index is 1.65. The SMILES string of the molecule is CCNC(=O)Nc1ccc(-c2ccc3c(c2)c(=O)c(C(=O)O)cn3CCN2CCOCC2)cn1. The molecule has 2 aromatic heterocycles. The van der Waals surface area contributed by atoms with E-state index in [0.29, 0.717) is 43.0 Å². The molecule has 0 spiro atoms. The highest BCUT2D eigenvalue weighted by Gasteiger charge is 2.17. The molecule has 3 N–H and O–H groups in total. The predicted molar refractivity (Wildman–Crippen MR) is 128 cm³/mol. The third-order valence-electron chi connectivity index (χ3n) is 5.75. The number of carbonyl (C=O) groups excluding carboxylic acids is 1. The van der Waals surface area contributed by atoms with E-state index in [1.807, 2.05) is 23.6 Å². The molecule has 10 nitrogen and oxygen atoms in total. The number of hydrogen-bond donors (Lipinski definition) is 3. The fourth-order valence-corrected chi connectivity index (χ4v) is 3.95. The third kappa shape index (κ3) is 5.24. The molecule has 34 heavy (non-hydrogen) atoms. The van der Waals surface area contributed by atoms with E-state index < -0.39 is 11.4 Å². The molecule has 3 heterocycles. The molecule has 1 aliphatic heterocycles. The second-order valence-corrected chi connectivity index (χ2v) is 7.97. The van der Waals surface area contributed by atoms with Gasteiger partial charge in [-0.25, -0.2) is 14.6 Å². The maximum Gasteiger partial charge on any atom is 0.341 e. The van der Waals surface area contributed by atoms with E-state index in [1.54, 1.807) is 24.4 Å². The van der Waals surface area contributed by atoms with Gasteiger partial charge in [-0.3, -0.25) is 15.0 Å². The van der Waals surface area contributed by atoms with Crippen LogP contribution in [0.5, 0.6) is 0 Å². The molecule has 0 radical (unpaired) electrons. The summed E-state index contributed by atoms with van der Waals surface area (Å²) in [6.07, 6.45) is 3.03. The second kappa shape index (κ2) is 10.4. The number of nitrogens with one attached hydrogen (secondary N) is 2. The highest BCUT2D eigenvalue weighted by Crippen LogP contribution is 2.24. The number of morpholine rings is 1. The number of pyridine rings is 2. The van der Waals surface area contributed by atoms with Gasteiger partial charge in [-0.05, 0) is 36.8 Å². The van der Waals surface area contributed by atoms with Crippen molar-refractivity contribution in [1.29, 1.82) is 0 Å². The first-order chi connectivity index (χ1) is 16.5. The van der Waals surface area contributed by atoms with Gasteiger partial charge in [-0.2, -0.15) is 0 Å². The molecule has 0 saturated carbocycles. The Bertz CT molecular complexity index is 1250. The molecule has 0 bridgehead atoms. The van der Waals surface area contributed by atoms with Gasteiger partial charge in [0.15, 0.2) is 0 Å². The zero-order valence-electron chi connectivity index (χ0n) is 18.9. The fourth-order valence-electron chi connectivity index (χ4n) is 3.95. The van der Waals surface area contributed by atoms with Crippen LogP contribution < -0.4 is 16.1 Å². The number of urea groups is 1. The first-order valence-electron chi connectivity index (χ1n) is 11.2. The molecule has 1 aliphatic rings. The molecule has 0 unspecified atom stereocenters. The number of carbonyl (C=O) groups is 2. The van der Waals surface area contributed by atoms with Crippen LogP contribution in [0.15, 0.2) is 47.5 Å². The van der Waals surface area contributed by atoms with Crippen LogP contribution in [0.4, 0.5) is 10.6 Å². The smallest absolute Gasteiger partial charge is 0.341 e. The van der Waals surface area contributed by atoms with Crippen LogP contribution >= 0.6 is 0 Å². The fraction of sp³-hybridized carbons (Fsp3) is 0.333. The van der Waals surface area contributed by atoms with Gasteiger partial charge in [0.2, 0.25) is 5.43 Å². The Kier molecular flexibility index (Phi) is 7.19. The van der Waals surface area contributed by atoms with E-state index in [4.69, 9.17) is 4.74 Å². The number of nitrogens with zero attached hydrogens (tertiary/aromatic N) is 3. The van der Waals surface area contributed by atoms with E-state index in [-0.39, 0.29) is 11.6 Å². The number of amides is 2. The average Bonchev–Trinajstić information content (AvgIpc) is 2.84. The maximum atomic E-state index is 13.0. The van der Waals surface area contributed by atoms with Crippen molar-refractivity contribution in [2.45, 2.75) is 13.5 Å². The number of carboxylic acid groups (broad SMARTS) is 1. The first kappa shape index (κ1) is 23.4. The summed E-state index contributed by atoms with van der Waals surface area (Å²) in [5.41, 5.74) is 1.36. The van der Waals surface area contributed by atoms with Gasteiger partial charge in [-0.1, -0.05) is 6.07 Å². The van der Waals surface area contributed by atoms with Gasteiger partial charge in [0.05, 0.1) is 18.7 Å². The highest BCUT2D eigenvalue weighted by atomic mass is 16.5. The Morgan fingerprint density at radius 2 is 1.88 bits per heavy atom. The molecule has 1 fully saturated rings. The average molecular weight is 466 g/mol. The number of rotatable bonds is 7. The number of carboxylic acids is 1. The van der Waals surface area contributed by atoms with Crippen LogP contribution in [0.1, 0.15) is 17.3 Å². The van der Waals surface area contributed by atoms with Gasteiger partial charge in [0, 0.05) is 56.1 Å². The Morgan fingerprint density at radius 1 is 1.12 bits per heavy atom. The molecule has 2 amide bonds. The lowest BCUT2D eigenvalue weighted by molar-refractivity contribution is 0.0365. The first-order valence-corrected chi connectivity index (χ1v) is 11.2. The largest absolute Gasteiger partial charge is 0.477 e. The van der Waals surface area contributed by atoms with Crippen molar-refractivity contribution in [2.75, 3.05) is 44.7 Å². The van der Waals surface area contributed by atoms with Gasteiger partial charge in [0.25, 0.3) is 0 Å². The van der Waals surface area contributed by atoms with Crippen molar-refractivity contribution < 1.29 is 19.4 Å². The van der Waals surface area contributed by atoms with Gasteiger partial charge in [-0.15, -0.1) is 0 Å². The van der Waals surface area contributed by atoms with Crippen molar-refractivity contribution in [3.05, 3.63) is 58.5 Å². The molecule has 178 valence electrons. The topological polar surface area (TPSA) is 126 Å². The van der Waals surface area contributed by atoms with E-state index >= 15 is 0 Å². The molecular weight excluding hydrogens is 438 g/mol. The monoisotopic (exact) mass is 465 g/mol. The van der Waals surface area contributed by atoms with Crippen molar-refractivity contribution in [1.82, 2.24) is 19.8 Å². The Labute approximate surface area is 196 Å². The molecule has 10 heteroatoms. The lowest BCUT2D eigenvalue weighted by atomic mass is 10.0. The summed E-state index contributed by atoms with van der Waals surface area (Å²) in [4.78, 5) is 42.9. The molecule has 0 aliphatic carbocycles. The minimum absolute atomic E-state index is 0.258. The predicted octanol–water partition coefficient (Wildman–Crippen LogP) is 2.24. The third-order valence-corrected chi connectivity index (χ3v) is 5.75. The second-order valence-electron chi connectivity index (χ2n) is 7.97. The molecule has 3 aromatic rings. The van der Waals surface area contributed by atoms with Crippen LogP contribution in [-0.4, -0.2) is 71.0 Å². The zero-order chi connectivity index (χ0) is 24.1. The number of anilines is 1. The Morgan fingerprint density at radius 3 is 2.56 bits per heavy atom.